The molecule has 2 aliphatic carbocycles. The molecular weight excluding hydrogens is 542 g/mol. The van der Waals surface area contributed by atoms with Crippen LogP contribution in [0.3, 0.4) is 0 Å². The van der Waals surface area contributed by atoms with Gasteiger partial charge in [-0.1, -0.05) is 6.07 Å². The molecule has 220 valence electrons. The molecule has 9 rings (SSSR count). The highest BCUT2D eigenvalue weighted by atomic mass is 16.5. The predicted octanol–water partition coefficient (Wildman–Crippen LogP) is 3.92. The van der Waals surface area contributed by atoms with E-state index in [9.17, 15) is 10.4 Å². The fourth-order valence-corrected chi connectivity index (χ4v) is 7.63. The van der Waals surface area contributed by atoms with Crippen LogP contribution in [0.1, 0.15) is 36.8 Å². The van der Waals surface area contributed by atoms with Crippen LogP contribution in [0, 0.1) is 29.1 Å². The van der Waals surface area contributed by atoms with Gasteiger partial charge in [0.15, 0.2) is 0 Å². The number of aliphatic hydroxyl groups excluding tert-OH is 1. The third kappa shape index (κ3) is 4.77. The lowest BCUT2D eigenvalue weighted by Gasteiger charge is -2.56. The molecule has 0 amide bonds. The monoisotopic (exact) mass is 577 g/mol. The van der Waals surface area contributed by atoms with Crippen molar-refractivity contribution in [1.82, 2.24) is 24.5 Å². The number of hydrogen-bond acceptors (Lipinski definition) is 9. The summed E-state index contributed by atoms with van der Waals surface area (Å²) in [6.07, 6.45) is 11.4. The van der Waals surface area contributed by atoms with Crippen LogP contribution in [0.5, 0.6) is 11.6 Å². The number of piperazine rings is 1. The number of aromatic nitrogens is 4. The zero-order valence-corrected chi connectivity index (χ0v) is 24.2. The van der Waals surface area contributed by atoms with Crippen molar-refractivity contribution in [2.45, 2.75) is 50.4 Å². The molecule has 6 atom stereocenters. The molecule has 0 radical (unpaired) electrons. The van der Waals surface area contributed by atoms with Crippen LogP contribution in [0.4, 0.5) is 5.82 Å². The Morgan fingerprint density at radius 2 is 1.93 bits per heavy atom. The number of methoxy groups -OCH3 is 1. The van der Waals surface area contributed by atoms with Gasteiger partial charge in [-0.25, -0.2) is 14.5 Å². The Balaban J connectivity index is 0.962. The quantitative estimate of drug-likeness (QED) is 0.316. The summed E-state index contributed by atoms with van der Waals surface area (Å²) in [4.78, 5) is 14.2. The average molecular weight is 578 g/mol. The number of aliphatic hydroxyl groups is 1. The van der Waals surface area contributed by atoms with Crippen LogP contribution in [-0.2, 0) is 6.54 Å². The number of ether oxygens (including phenoxy) is 2. The first kappa shape index (κ1) is 26.4. The topological polar surface area (TPSA) is 112 Å². The van der Waals surface area contributed by atoms with Gasteiger partial charge in [-0.2, -0.15) is 10.4 Å². The van der Waals surface area contributed by atoms with Crippen molar-refractivity contribution in [2.24, 2.45) is 17.8 Å². The number of anilines is 1. The molecule has 1 N–H and O–H groups in total. The molecule has 3 saturated heterocycles. The van der Waals surface area contributed by atoms with E-state index in [0.717, 1.165) is 60.9 Å². The second-order valence-electron chi connectivity index (χ2n) is 12.6. The van der Waals surface area contributed by atoms with Gasteiger partial charge in [0.2, 0.25) is 5.88 Å². The van der Waals surface area contributed by atoms with Crippen molar-refractivity contribution < 1.29 is 14.6 Å². The van der Waals surface area contributed by atoms with Gasteiger partial charge in [0, 0.05) is 61.3 Å². The highest BCUT2D eigenvalue weighted by Crippen LogP contribution is 2.55. The zero-order valence-electron chi connectivity index (χ0n) is 24.2. The molecule has 4 aromatic heterocycles. The highest BCUT2D eigenvalue weighted by Gasteiger charge is 2.52. The Hall–Kier alpha value is -4.20. The fourth-order valence-electron chi connectivity index (χ4n) is 7.63. The van der Waals surface area contributed by atoms with Crippen molar-refractivity contribution in [3.8, 4) is 28.8 Å². The van der Waals surface area contributed by atoms with Crippen molar-refractivity contribution in [3.05, 3.63) is 66.2 Å². The van der Waals surface area contributed by atoms with Crippen LogP contribution < -0.4 is 14.4 Å². The molecule has 5 fully saturated rings. The standard InChI is InChI=1S/C33H35N7O3/c1-42-31-5-2-20(13-36-31)16-39-25-10-26(39)18-38(17-25)30-4-3-22(14-35-30)28-11-27(19-40-32(28)24(12-34)15-37-40)43-7-6-21-8-23-9-29(23)33(21)41/h2-5,11,13-15,19,21,23,25-26,29,33,41H,6-10,16-18H2,1H3. The van der Waals surface area contributed by atoms with Crippen LogP contribution in [-0.4, -0.2) is 74.6 Å². The summed E-state index contributed by atoms with van der Waals surface area (Å²) in [5, 5.41) is 24.7. The van der Waals surface area contributed by atoms with E-state index in [1.54, 1.807) is 17.8 Å². The number of piperidine rings is 1. The lowest BCUT2D eigenvalue weighted by molar-refractivity contribution is -0.00876. The van der Waals surface area contributed by atoms with E-state index in [2.05, 4.69) is 44.2 Å². The SMILES string of the molecule is COc1ccc(CN2C3CC2CN(c2ccc(-c4cc(OCCC5CC6CC6C5O)cn5ncc(C#N)c45)cn2)C3)cn1. The van der Waals surface area contributed by atoms with Crippen molar-refractivity contribution in [3.63, 3.8) is 0 Å². The summed E-state index contributed by atoms with van der Waals surface area (Å²) >= 11 is 0. The molecule has 5 aliphatic rings. The minimum absolute atomic E-state index is 0.180. The van der Waals surface area contributed by atoms with Gasteiger partial charge in [0.1, 0.15) is 17.6 Å². The minimum atomic E-state index is -0.180. The Kier molecular flexibility index (Phi) is 6.46. The summed E-state index contributed by atoms with van der Waals surface area (Å²) in [5.74, 6) is 3.87. The lowest BCUT2D eigenvalue weighted by atomic mass is 9.87. The molecule has 10 nitrogen and oxygen atoms in total. The molecule has 2 bridgehead atoms. The number of rotatable bonds is 9. The first-order valence-corrected chi connectivity index (χ1v) is 15.3. The zero-order chi connectivity index (χ0) is 29.1. The molecule has 3 aliphatic heterocycles. The minimum Gasteiger partial charge on any atom is -0.492 e. The molecule has 2 saturated carbocycles. The van der Waals surface area contributed by atoms with Gasteiger partial charge in [0.05, 0.1) is 43.3 Å². The van der Waals surface area contributed by atoms with Crippen molar-refractivity contribution >= 4 is 11.3 Å². The third-order valence-corrected chi connectivity index (χ3v) is 10.1. The number of nitriles is 1. The molecule has 6 unspecified atom stereocenters. The van der Waals surface area contributed by atoms with Gasteiger partial charge >= 0.3 is 0 Å². The lowest BCUT2D eigenvalue weighted by Crippen LogP contribution is -2.68. The van der Waals surface area contributed by atoms with Crippen molar-refractivity contribution in [2.75, 3.05) is 31.7 Å². The summed E-state index contributed by atoms with van der Waals surface area (Å²) < 4.78 is 13.1. The molecule has 0 aromatic carbocycles. The van der Waals surface area contributed by atoms with Crippen LogP contribution in [0.25, 0.3) is 16.6 Å². The van der Waals surface area contributed by atoms with E-state index < -0.39 is 0 Å². The summed E-state index contributed by atoms with van der Waals surface area (Å²) in [5.41, 5.74) is 4.25. The number of hydrogen-bond donors (Lipinski definition) is 1. The fraction of sp³-hybridized carbons (Fsp3) is 0.455. The Morgan fingerprint density at radius 1 is 1.05 bits per heavy atom. The first-order valence-electron chi connectivity index (χ1n) is 15.3. The van der Waals surface area contributed by atoms with Gasteiger partial charge in [-0.05, 0) is 67.2 Å². The summed E-state index contributed by atoms with van der Waals surface area (Å²) in [6, 6.07) is 13.4. The second kappa shape index (κ2) is 10.5. The number of nitrogens with zero attached hydrogens (tertiary/aromatic N) is 7. The number of pyridine rings is 3. The summed E-state index contributed by atoms with van der Waals surface area (Å²) in [6.45, 7) is 3.32. The van der Waals surface area contributed by atoms with Crippen molar-refractivity contribution in [1.29, 1.82) is 5.26 Å². The van der Waals surface area contributed by atoms with Crippen LogP contribution >= 0.6 is 0 Å². The normalized spacial score (nSPS) is 27.4. The van der Waals surface area contributed by atoms with E-state index in [1.165, 1.54) is 18.4 Å². The van der Waals surface area contributed by atoms with Crippen LogP contribution in [0.15, 0.2) is 55.1 Å². The molecule has 7 heterocycles. The number of fused-ring (bicyclic) bond motifs is 4. The van der Waals surface area contributed by atoms with E-state index in [1.807, 2.05) is 30.7 Å². The van der Waals surface area contributed by atoms with Gasteiger partial charge in [0.25, 0.3) is 0 Å². The smallest absolute Gasteiger partial charge is 0.212 e. The van der Waals surface area contributed by atoms with E-state index in [4.69, 9.17) is 14.5 Å². The molecular formula is C33H35N7O3. The summed E-state index contributed by atoms with van der Waals surface area (Å²) in [7, 11) is 1.64. The highest BCUT2D eigenvalue weighted by molar-refractivity contribution is 5.85. The maximum absolute atomic E-state index is 10.5. The average Bonchev–Trinajstić information content (AvgIpc) is 3.59. The maximum Gasteiger partial charge on any atom is 0.212 e. The van der Waals surface area contributed by atoms with E-state index >= 15 is 0 Å². The van der Waals surface area contributed by atoms with E-state index in [0.29, 0.717) is 47.7 Å². The first-order chi connectivity index (χ1) is 21.1. The second-order valence-corrected chi connectivity index (χ2v) is 12.6. The maximum atomic E-state index is 10.5. The van der Waals surface area contributed by atoms with E-state index in [-0.39, 0.29) is 6.10 Å². The third-order valence-electron chi connectivity index (χ3n) is 10.1. The molecule has 0 spiro atoms. The Bertz CT molecular complexity index is 1670. The Morgan fingerprint density at radius 3 is 2.63 bits per heavy atom. The predicted molar refractivity (Wildman–Crippen MR) is 160 cm³/mol. The Labute approximate surface area is 250 Å². The van der Waals surface area contributed by atoms with Crippen LogP contribution in [0.2, 0.25) is 0 Å². The van der Waals surface area contributed by atoms with Gasteiger partial charge < -0.3 is 19.5 Å². The van der Waals surface area contributed by atoms with Gasteiger partial charge in [-0.15, -0.1) is 0 Å². The van der Waals surface area contributed by atoms with Gasteiger partial charge in [-0.3, -0.25) is 4.90 Å². The largest absolute Gasteiger partial charge is 0.492 e. The molecule has 43 heavy (non-hydrogen) atoms. The molecule has 4 aromatic rings. The molecule has 10 heteroatoms.